The van der Waals surface area contributed by atoms with Gasteiger partial charge >= 0.3 is 5.97 Å². The Morgan fingerprint density at radius 1 is 0.949 bits per heavy atom. The summed E-state index contributed by atoms with van der Waals surface area (Å²) in [6.07, 6.45) is 12.1. The van der Waals surface area contributed by atoms with E-state index in [0.717, 1.165) is 17.7 Å². The highest BCUT2D eigenvalue weighted by Gasteiger charge is 2.55. The minimum Gasteiger partial charge on any atom is -0.453 e. The number of nitrogens with one attached hydrogen (secondary N) is 2. The molecule has 16 nitrogen and oxygen atoms in total. The normalized spacial score (nSPS) is 32.0. The van der Waals surface area contributed by atoms with Crippen LogP contribution < -0.4 is 15.5 Å². The average Bonchev–Trinajstić information content (AvgIpc) is 3.49. The molecule has 0 aromatic heterocycles. The van der Waals surface area contributed by atoms with Gasteiger partial charge in [0.15, 0.2) is 11.9 Å². The number of hydrogen-bond acceptors (Lipinski definition) is 14. The van der Waals surface area contributed by atoms with E-state index in [1.165, 1.54) is 6.92 Å². The maximum absolute atomic E-state index is 14.9. The average molecular weight is 1090 g/mol. The van der Waals surface area contributed by atoms with Crippen LogP contribution in [0.15, 0.2) is 42.0 Å². The Balaban J connectivity index is 1.20. The molecular weight excluding hydrogens is 993 g/mol. The van der Waals surface area contributed by atoms with Gasteiger partial charge in [-0.25, -0.2) is 0 Å². The van der Waals surface area contributed by atoms with E-state index in [1.807, 2.05) is 97.8 Å². The molecule has 0 saturated carbocycles. The van der Waals surface area contributed by atoms with Gasteiger partial charge < -0.3 is 54.2 Å². The van der Waals surface area contributed by atoms with Gasteiger partial charge in [-0.15, -0.1) is 12.3 Å². The van der Waals surface area contributed by atoms with E-state index in [1.54, 1.807) is 25.2 Å². The molecule has 0 radical (unpaired) electrons. The van der Waals surface area contributed by atoms with Crippen LogP contribution in [0.5, 0.6) is 0 Å². The Bertz CT molecular complexity index is 2310. The number of aliphatic hydroxyl groups is 2. The third kappa shape index (κ3) is 15.6. The summed E-state index contributed by atoms with van der Waals surface area (Å²) in [4.78, 5) is 55.8. The first-order chi connectivity index (χ1) is 36.9. The molecule has 3 saturated heterocycles. The standard InChI is InChI=1S/C62H94N4O12/c1-15-19-30-60(12,52-29-31-61(72,18-4)43(10)73-52)77-59-51(74-44(11)67)28-32-62(78-59)40(7)35-39(6)56(76-62)49(17-3)54(69)41(8)53(68)42(9)55-38(5)22-27-50(75-55)48(16-2)58(71)65-34-21-20-33-64-57(70)46(37-63)36-45-23-25-47(26-24-45)66(13)14/h1,23-26,28,32,36,38-43,48-53,55-56,59,68,72H,16-22,27,29-31,33-35H2,2-14H3,(H,64,70)(H,65,71)/b46-36+/t38-,39-,40+,41-,42-,43-,48?,49-,50+,51+,52+,53+,55+,56-,59-,60-,61+,62-/m0/s1. The molecule has 78 heavy (non-hydrogen) atoms. The highest BCUT2D eigenvalue weighted by atomic mass is 16.8. The number of terminal acetylenes is 1. The number of carbonyl (C=O) groups excluding carboxylic acids is 4. The number of unbranched alkanes of at least 4 members (excludes halogenated alkanes) is 1. The summed E-state index contributed by atoms with van der Waals surface area (Å²) in [6, 6.07) is 9.56. The van der Waals surface area contributed by atoms with Crippen LogP contribution in [-0.4, -0.2) is 127 Å². The molecule has 4 aliphatic rings. The SMILES string of the molecule is C#CCC[C@](C)(O[C@H]1O[C@]2(C=C[C@H]1OC(C)=O)O[C@H]([C@@H](CC)C(=O)[C@@H](C)[C@@H](O)[C@H](C)[C@@H]1O[C@@H](C(CC)C(=O)NCCCCNC(=O)/C(C#N)=C/c3ccc(N(C)C)cc3)CC[C@@H]1C)[C@@H](C)C[C@H]2C)[C@H]1CC[C@](O)(CC)[C@H](C)O1. The number of nitriles is 1. The second-order valence-corrected chi connectivity index (χ2v) is 23.4. The number of nitrogens with zero attached hydrogens (tertiary/aromatic N) is 2. The zero-order chi connectivity index (χ0) is 57.7. The van der Waals surface area contributed by atoms with E-state index in [4.69, 9.17) is 34.8 Å². The number of benzene rings is 1. The molecule has 4 heterocycles. The number of aliphatic hydroxyl groups excluding tert-OH is 1. The van der Waals surface area contributed by atoms with E-state index in [9.17, 15) is 34.7 Å². The first kappa shape index (κ1) is 64.2. The van der Waals surface area contributed by atoms with Crippen molar-refractivity contribution < 1.29 is 57.8 Å². The third-order valence-corrected chi connectivity index (χ3v) is 17.6. The van der Waals surface area contributed by atoms with Gasteiger partial charge in [-0.3, -0.25) is 19.2 Å². The van der Waals surface area contributed by atoms with Gasteiger partial charge in [0.2, 0.25) is 12.2 Å². The summed E-state index contributed by atoms with van der Waals surface area (Å²) in [5.74, 6) is -2.30. The van der Waals surface area contributed by atoms with E-state index >= 15 is 0 Å². The highest BCUT2D eigenvalue weighted by molar-refractivity contribution is 6.01. The molecule has 0 bridgehead atoms. The molecule has 2 amide bonds. The lowest BCUT2D eigenvalue weighted by molar-refractivity contribution is -0.381. The molecule has 16 heteroatoms. The minimum atomic E-state index is -1.36. The lowest BCUT2D eigenvalue weighted by Gasteiger charge is -2.53. The number of hydrogen-bond donors (Lipinski definition) is 4. The van der Waals surface area contributed by atoms with Crippen LogP contribution in [0.3, 0.4) is 0 Å². The van der Waals surface area contributed by atoms with E-state index in [-0.39, 0.29) is 41.1 Å². The van der Waals surface area contributed by atoms with Crippen LogP contribution >= 0.6 is 0 Å². The quantitative estimate of drug-likeness (QED) is 0.0180. The fourth-order valence-electron chi connectivity index (χ4n) is 12.3. The second kappa shape index (κ2) is 28.7. The largest absolute Gasteiger partial charge is 0.453 e. The van der Waals surface area contributed by atoms with Gasteiger partial charge in [0.1, 0.15) is 17.4 Å². The third-order valence-electron chi connectivity index (χ3n) is 17.6. The molecule has 4 N–H and O–H groups in total. The molecule has 4 aliphatic heterocycles. The van der Waals surface area contributed by atoms with Crippen molar-refractivity contribution in [2.75, 3.05) is 32.1 Å². The summed E-state index contributed by atoms with van der Waals surface area (Å²) in [6.45, 7) is 21.6. The Kier molecular flexibility index (Phi) is 23.6. The molecule has 18 atom stereocenters. The highest BCUT2D eigenvalue weighted by Crippen LogP contribution is 2.48. The molecule has 1 aromatic carbocycles. The number of ether oxygens (including phenoxy) is 6. The molecule has 1 unspecified atom stereocenters. The fraction of sp³-hybridized carbons (Fsp3) is 0.726. The Labute approximate surface area is 466 Å². The van der Waals surface area contributed by atoms with Gasteiger partial charge in [-0.2, -0.15) is 5.26 Å². The number of rotatable bonds is 25. The van der Waals surface area contributed by atoms with Crippen molar-refractivity contribution >= 4 is 35.3 Å². The summed E-state index contributed by atoms with van der Waals surface area (Å²) in [5.41, 5.74) is -0.210. The predicted molar refractivity (Wildman–Crippen MR) is 300 cm³/mol. The maximum atomic E-state index is 14.9. The number of esters is 1. The smallest absolute Gasteiger partial charge is 0.303 e. The first-order valence-corrected chi connectivity index (χ1v) is 28.9. The number of ketones is 1. The van der Waals surface area contributed by atoms with Crippen molar-refractivity contribution in [2.45, 2.75) is 219 Å². The van der Waals surface area contributed by atoms with E-state index in [0.29, 0.717) is 83.7 Å². The van der Waals surface area contributed by atoms with Crippen molar-refractivity contribution in [2.24, 2.45) is 41.4 Å². The Morgan fingerprint density at radius 3 is 2.21 bits per heavy atom. The number of amides is 2. The first-order valence-electron chi connectivity index (χ1n) is 28.9. The molecule has 5 rings (SSSR count). The van der Waals surface area contributed by atoms with E-state index < -0.39 is 95.5 Å². The number of Topliss-reactive ketones (excluding diaryl/α,β-unsaturated/α-hetero) is 1. The van der Waals surface area contributed by atoms with Gasteiger partial charge in [0.25, 0.3) is 5.91 Å². The van der Waals surface area contributed by atoms with Crippen LogP contribution in [0.1, 0.15) is 159 Å². The summed E-state index contributed by atoms with van der Waals surface area (Å²) in [5, 5.41) is 38.9. The molecule has 434 valence electrons. The van der Waals surface area contributed by atoms with Crippen LogP contribution in [-0.2, 0) is 47.6 Å². The molecular formula is C62H94N4O12. The maximum Gasteiger partial charge on any atom is 0.303 e. The number of carbonyl (C=O) groups is 4. The fourth-order valence-corrected chi connectivity index (χ4v) is 12.3. The van der Waals surface area contributed by atoms with Gasteiger partial charge in [0.05, 0.1) is 53.7 Å². The van der Waals surface area contributed by atoms with Gasteiger partial charge in [-0.05, 0) is 132 Å². The molecule has 1 aromatic rings. The predicted octanol–water partition coefficient (Wildman–Crippen LogP) is 8.61. The van der Waals surface area contributed by atoms with Crippen LogP contribution in [0.4, 0.5) is 5.69 Å². The van der Waals surface area contributed by atoms with Gasteiger partial charge in [0, 0.05) is 69.9 Å². The monoisotopic (exact) mass is 1090 g/mol. The van der Waals surface area contributed by atoms with Crippen molar-refractivity contribution in [3.05, 3.63) is 47.6 Å². The summed E-state index contributed by atoms with van der Waals surface area (Å²) in [7, 11) is 3.88. The number of anilines is 1. The summed E-state index contributed by atoms with van der Waals surface area (Å²) >= 11 is 0. The molecule has 0 aliphatic carbocycles. The van der Waals surface area contributed by atoms with Crippen molar-refractivity contribution in [1.29, 1.82) is 5.26 Å². The molecule has 3 fully saturated rings. The van der Waals surface area contributed by atoms with Crippen LogP contribution in [0.2, 0.25) is 0 Å². The van der Waals surface area contributed by atoms with Gasteiger partial charge in [-0.1, -0.05) is 67.5 Å². The lowest BCUT2D eigenvalue weighted by atomic mass is 9.72. The van der Waals surface area contributed by atoms with Crippen LogP contribution in [0.25, 0.3) is 6.08 Å². The van der Waals surface area contributed by atoms with Crippen molar-refractivity contribution in [3.63, 3.8) is 0 Å². The Hall–Kier alpha value is -4.65. The lowest BCUT2D eigenvalue weighted by Crippen LogP contribution is -2.61. The van der Waals surface area contributed by atoms with Crippen LogP contribution in [0, 0.1) is 65.1 Å². The van der Waals surface area contributed by atoms with E-state index in [2.05, 4.69) is 30.4 Å². The zero-order valence-electron chi connectivity index (χ0n) is 49.0. The topological polar surface area (TPSA) is 215 Å². The molecule has 1 spiro atoms. The summed E-state index contributed by atoms with van der Waals surface area (Å²) < 4.78 is 40.0. The second-order valence-electron chi connectivity index (χ2n) is 23.4. The zero-order valence-corrected chi connectivity index (χ0v) is 49.0. The van der Waals surface area contributed by atoms with Crippen molar-refractivity contribution in [3.8, 4) is 18.4 Å². The van der Waals surface area contributed by atoms with Crippen molar-refractivity contribution in [1.82, 2.24) is 10.6 Å². The minimum absolute atomic E-state index is 0.0182. The Morgan fingerprint density at radius 2 is 1.62 bits per heavy atom.